The van der Waals surface area contributed by atoms with Crippen LogP contribution in [0.3, 0.4) is 0 Å². The molecule has 2 amide bonds. The van der Waals surface area contributed by atoms with Crippen LogP contribution in [0.4, 0.5) is 0 Å². The number of phenolic OH excluding ortho intramolecular Hbond substituents is 2. The van der Waals surface area contributed by atoms with Crippen molar-refractivity contribution in [3.05, 3.63) is 145 Å². The van der Waals surface area contributed by atoms with Gasteiger partial charge in [0.2, 0.25) is 0 Å². The SMILES string of the molecule is CCOC(=O)COc1c2cc(C(C)(C)C)cc1Cc1cc(C(C)(C)C)cc(c1O)Cc1cc(C(C)(C)C)cc(c1OCC(=O)NCCCCNC(=O)C1=C=CC=C1)Cc1cc(C(C)(C)C)cc(c1O)C2. The van der Waals surface area contributed by atoms with E-state index in [1.54, 1.807) is 25.2 Å². The summed E-state index contributed by atoms with van der Waals surface area (Å²) in [5, 5.41) is 31.0. The van der Waals surface area contributed by atoms with E-state index < -0.39 is 5.97 Å². The summed E-state index contributed by atoms with van der Waals surface area (Å²) < 4.78 is 18.5. The molecule has 4 N–H and O–H groups in total. The Balaban J connectivity index is 1.51. The fourth-order valence-electron chi connectivity index (χ4n) is 8.79. The summed E-state index contributed by atoms with van der Waals surface area (Å²) in [5.41, 5.74) is 12.4. The molecule has 0 atom stereocenters. The average molecular weight is 953 g/mol. The lowest BCUT2D eigenvalue weighted by molar-refractivity contribution is -0.145. The van der Waals surface area contributed by atoms with Gasteiger partial charge in [-0.3, -0.25) is 9.59 Å². The van der Waals surface area contributed by atoms with Crippen molar-refractivity contribution in [3.63, 3.8) is 0 Å². The molecule has 0 aliphatic heterocycles. The molecule has 6 rings (SSSR count). The van der Waals surface area contributed by atoms with Crippen molar-refractivity contribution in [3.8, 4) is 23.0 Å². The van der Waals surface area contributed by atoms with Gasteiger partial charge in [0.25, 0.3) is 11.8 Å². The van der Waals surface area contributed by atoms with Crippen LogP contribution in [-0.2, 0) is 66.5 Å². The van der Waals surface area contributed by atoms with Gasteiger partial charge < -0.3 is 35.1 Å². The Bertz CT molecular complexity index is 2610. The molecule has 0 saturated heterocycles. The maximum absolute atomic E-state index is 13.6. The van der Waals surface area contributed by atoms with E-state index in [0.717, 1.165) is 44.5 Å². The fourth-order valence-corrected chi connectivity index (χ4v) is 8.79. The van der Waals surface area contributed by atoms with E-state index in [1.165, 1.54) is 0 Å². The van der Waals surface area contributed by atoms with Gasteiger partial charge in [-0.25, -0.2) is 4.79 Å². The normalized spacial score (nSPS) is 13.7. The smallest absolute Gasteiger partial charge is 0.344 e. The van der Waals surface area contributed by atoms with Crippen LogP contribution in [0.25, 0.3) is 0 Å². The van der Waals surface area contributed by atoms with E-state index in [1.807, 2.05) is 0 Å². The lowest BCUT2D eigenvalue weighted by atomic mass is 9.79. The lowest BCUT2D eigenvalue weighted by Crippen LogP contribution is -2.31. The van der Waals surface area contributed by atoms with Gasteiger partial charge in [0.1, 0.15) is 23.0 Å². The third-order valence-corrected chi connectivity index (χ3v) is 13.0. The van der Waals surface area contributed by atoms with E-state index in [2.05, 4.69) is 148 Å². The Hall–Kier alpha value is -6.25. The number of fused-ring (bicyclic) bond motifs is 8. The van der Waals surface area contributed by atoms with Gasteiger partial charge in [-0.1, -0.05) is 138 Å². The quantitative estimate of drug-likeness (QED) is 0.0519. The number of amides is 2. The Morgan fingerprint density at radius 1 is 0.543 bits per heavy atom. The number of ether oxygens (including phenoxy) is 3. The summed E-state index contributed by atoms with van der Waals surface area (Å²) in [6.45, 7) is 28.2. The molecular formula is C60H76N2O8. The van der Waals surface area contributed by atoms with Crippen molar-refractivity contribution >= 4 is 17.8 Å². The minimum Gasteiger partial charge on any atom is -0.507 e. The molecule has 10 heteroatoms. The molecule has 8 bridgehead atoms. The molecular weight excluding hydrogens is 877 g/mol. The van der Waals surface area contributed by atoms with Gasteiger partial charge in [-0.15, -0.1) is 5.73 Å². The first kappa shape index (κ1) is 53.1. The summed E-state index contributed by atoms with van der Waals surface area (Å²) in [5.74, 6) is 0.394. The highest BCUT2D eigenvalue weighted by Crippen LogP contribution is 2.44. The predicted octanol–water partition coefficient (Wildman–Crippen LogP) is 10.9. The fraction of sp³-hybridized carbons (Fsp3) is 0.467. The molecule has 2 aliphatic carbocycles. The second kappa shape index (κ2) is 21.4. The number of carbonyl (C=O) groups excluding carboxylic acids is 3. The highest BCUT2D eigenvalue weighted by atomic mass is 16.6. The first-order valence-corrected chi connectivity index (χ1v) is 24.9. The number of rotatable bonds is 13. The minimum absolute atomic E-state index is 0.146. The van der Waals surface area contributed by atoms with Crippen LogP contribution in [0.15, 0.2) is 78.1 Å². The summed E-state index contributed by atoms with van der Waals surface area (Å²) in [6, 6.07) is 16.8. The predicted molar refractivity (Wildman–Crippen MR) is 279 cm³/mol. The van der Waals surface area contributed by atoms with Crippen molar-refractivity contribution < 1.29 is 38.8 Å². The number of hydrogen-bond donors (Lipinski definition) is 4. The molecule has 0 unspecified atom stereocenters. The number of esters is 1. The zero-order valence-electron chi connectivity index (χ0n) is 44.0. The highest BCUT2D eigenvalue weighted by molar-refractivity contribution is 5.96. The second-order valence-corrected chi connectivity index (χ2v) is 23.0. The summed E-state index contributed by atoms with van der Waals surface area (Å²) in [7, 11) is 0. The topological polar surface area (TPSA) is 143 Å². The van der Waals surface area contributed by atoms with Gasteiger partial charge in [0, 0.05) is 38.8 Å². The monoisotopic (exact) mass is 953 g/mol. The van der Waals surface area contributed by atoms with E-state index in [0.29, 0.717) is 65.3 Å². The van der Waals surface area contributed by atoms with Crippen LogP contribution >= 0.6 is 0 Å². The maximum atomic E-state index is 13.6. The van der Waals surface area contributed by atoms with E-state index in [-0.39, 0.29) is 90.5 Å². The largest absolute Gasteiger partial charge is 0.507 e. The van der Waals surface area contributed by atoms with Crippen molar-refractivity contribution in [2.75, 3.05) is 32.9 Å². The molecule has 374 valence electrons. The lowest BCUT2D eigenvalue weighted by Gasteiger charge is -2.28. The number of phenols is 2. The van der Waals surface area contributed by atoms with Crippen molar-refractivity contribution in [1.29, 1.82) is 0 Å². The summed E-state index contributed by atoms with van der Waals surface area (Å²) in [6.07, 6.45) is 7.67. The maximum Gasteiger partial charge on any atom is 0.344 e. The molecule has 0 saturated carbocycles. The average Bonchev–Trinajstić information content (AvgIpc) is 3.81. The standard InChI is InChI=1S/C60H76N2O8/c1-14-68-51(64)36-70-55-44-25-40-29-46(57(2,3)4)27-38(52(40)65)23-42-31-48(59(8,9)10)32-43(54(42)69-35-50(63)61-21-17-18-22-62-56(67)37-19-15-16-20-37)24-39-28-47(58(5,6)7)30-41(53(39)66)26-45(55)34-49(33-44)60(11,12)13/h15-16,19,27-34,65-66H,14,17-18,21-26,35-36H2,1-13H3,(H,61,63)(H,62,67). The third kappa shape index (κ3) is 13.3. The van der Waals surface area contributed by atoms with Crippen LogP contribution < -0.4 is 20.1 Å². The number of allylic oxidation sites excluding steroid dienone is 1. The molecule has 0 spiro atoms. The summed E-state index contributed by atoms with van der Waals surface area (Å²) >= 11 is 0. The number of aromatic hydroxyl groups is 2. The highest BCUT2D eigenvalue weighted by Gasteiger charge is 2.29. The van der Waals surface area contributed by atoms with Gasteiger partial charge >= 0.3 is 5.97 Å². The number of benzene rings is 4. The van der Waals surface area contributed by atoms with Crippen LogP contribution in [0, 0.1) is 0 Å². The molecule has 0 radical (unpaired) electrons. The molecule has 4 aromatic carbocycles. The molecule has 2 aliphatic rings. The molecule has 10 nitrogen and oxygen atoms in total. The molecule has 4 aromatic rings. The third-order valence-electron chi connectivity index (χ3n) is 13.0. The van der Waals surface area contributed by atoms with Crippen molar-refractivity contribution in [1.82, 2.24) is 10.6 Å². The van der Waals surface area contributed by atoms with Gasteiger partial charge in [-0.2, -0.15) is 0 Å². The number of unbranched alkanes of at least 4 members (excludes halogenated alkanes) is 1. The van der Waals surface area contributed by atoms with Crippen LogP contribution in [0.5, 0.6) is 23.0 Å². The van der Waals surface area contributed by atoms with Gasteiger partial charge in [-0.05, 0) is 120 Å². The van der Waals surface area contributed by atoms with E-state index in [4.69, 9.17) is 14.2 Å². The molecule has 70 heavy (non-hydrogen) atoms. The second-order valence-electron chi connectivity index (χ2n) is 23.0. The Morgan fingerprint density at radius 2 is 0.900 bits per heavy atom. The minimum atomic E-state index is -0.488. The first-order chi connectivity index (χ1) is 32.7. The van der Waals surface area contributed by atoms with E-state index in [9.17, 15) is 24.6 Å². The molecule has 0 heterocycles. The van der Waals surface area contributed by atoms with Gasteiger partial charge in [0.15, 0.2) is 13.2 Å². The Labute approximate surface area is 416 Å². The zero-order valence-corrected chi connectivity index (χ0v) is 44.0. The number of hydrogen-bond acceptors (Lipinski definition) is 8. The summed E-state index contributed by atoms with van der Waals surface area (Å²) in [4.78, 5) is 38.9. The molecule has 0 aromatic heterocycles. The number of nitrogens with one attached hydrogen (secondary N) is 2. The Morgan fingerprint density at radius 3 is 1.24 bits per heavy atom. The van der Waals surface area contributed by atoms with Crippen LogP contribution in [-0.4, -0.2) is 60.9 Å². The van der Waals surface area contributed by atoms with E-state index >= 15 is 0 Å². The molecule has 0 fully saturated rings. The first-order valence-electron chi connectivity index (χ1n) is 24.9. The number of carbonyl (C=O) groups is 3. The Kier molecular flexibility index (Phi) is 16.2. The van der Waals surface area contributed by atoms with Crippen LogP contribution in [0.1, 0.15) is 170 Å². The van der Waals surface area contributed by atoms with Gasteiger partial charge in [0.05, 0.1) is 12.2 Å². The van der Waals surface area contributed by atoms with Crippen molar-refractivity contribution in [2.45, 2.75) is 150 Å². The zero-order chi connectivity index (χ0) is 51.3. The van der Waals surface area contributed by atoms with Crippen molar-refractivity contribution in [2.24, 2.45) is 0 Å². The van der Waals surface area contributed by atoms with Crippen LogP contribution in [0.2, 0.25) is 0 Å².